The molecule has 124 valence electrons. The van der Waals surface area contributed by atoms with Gasteiger partial charge < -0.3 is 9.84 Å². The maximum atomic E-state index is 9.93. The number of aliphatic hydroxyl groups excluding tert-OH is 1. The Morgan fingerprint density at radius 1 is 1.09 bits per heavy atom. The molecule has 8 atom stereocenters. The van der Waals surface area contributed by atoms with Crippen LogP contribution in [0.2, 0.25) is 0 Å². The summed E-state index contributed by atoms with van der Waals surface area (Å²) >= 11 is 0. The molecule has 2 nitrogen and oxygen atoms in total. The second-order valence-electron chi connectivity index (χ2n) is 8.81. The van der Waals surface area contributed by atoms with Gasteiger partial charge in [-0.2, -0.15) is 0 Å². The zero-order chi connectivity index (χ0) is 15.3. The minimum absolute atomic E-state index is 0.177. The van der Waals surface area contributed by atoms with Crippen LogP contribution < -0.4 is 0 Å². The predicted octanol–water partition coefficient (Wildman–Crippen LogP) is 4.04. The third kappa shape index (κ3) is 2.21. The Labute approximate surface area is 135 Å². The third-order valence-electron chi connectivity index (χ3n) is 8.07. The van der Waals surface area contributed by atoms with Crippen molar-refractivity contribution >= 4 is 0 Å². The average Bonchev–Trinajstić information content (AvgIpc) is 2.84. The van der Waals surface area contributed by atoms with Gasteiger partial charge in [0.15, 0.2) is 0 Å². The number of rotatable bonds is 2. The van der Waals surface area contributed by atoms with Crippen LogP contribution in [-0.4, -0.2) is 24.9 Å². The molecule has 0 aromatic rings. The predicted molar refractivity (Wildman–Crippen MR) is 88.4 cm³/mol. The van der Waals surface area contributed by atoms with E-state index in [1.165, 1.54) is 38.5 Å². The highest BCUT2D eigenvalue weighted by Crippen LogP contribution is 2.63. The molecule has 0 radical (unpaired) electrons. The van der Waals surface area contributed by atoms with E-state index in [2.05, 4.69) is 19.1 Å². The van der Waals surface area contributed by atoms with Gasteiger partial charge in [-0.25, -0.2) is 0 Å². The summed E-state index contributed by atoms with van der Waals surface area (Å²) in [6.45, 7) is 3.53. The zero-order valence-corrected chi connectivity index (χ0v) is 14.2. The van der Waals surface area contributed by atoms with Gasteiger partial charge in [-0.3, -0.25) is 0 Å². The van der Waals surface area contributed by atoms with Crippen molar-refractivity contribution in [2.45, 2.75) is 58.0 Å². The van der Waals surface area contributed by atoms with Crippen LogP contribution in [-0.2, 0) is 4.74 Å². The van der Waals surface area contributed by atoms with Crippen LogP contribution in [0.5, 0.6) is 0 Å². The van der Waals surface area contributed by atoms with Gasteiger partial charge in [0.25, 0.3) is 0 Å². The van der Waals surface area contributed by atoms with Crippen LogP contribution in [0.3, 0.4) is 0 Å². The Hall–Kier alpha value is -0.340. The standard InChI is InChI=1S/C20H32O2/c1-20-10-9-17-16-7-5-15(21)11-13(16)3-6-18(17)19(20)8-4-14(20)12-22-2/h5,7,13-19,21H,3-4,6,8-12H2,1-2H3/t13?,14-,15?,16+,17-,18-,19+,20-/m1/s1. The first kappa shape index (κ1) is 15.2. The van der Waals surface area contributed by atoms with Gasteiger partial charge in [0, 0.05) is 13.7 Å². The summed E-state index contributed by atoms with van der Waals surface area (Å²) in [6.07, 6.45) is 13.7. The maximum Gasteiger partial charge on any atom is 0.0723 e. The molecule has 0 aromatic heterocycles. The van der Waals surface area contributed by atoms with Gasteiger partial charge in [-0.05, 0) is 85.9 Å². The van der Waals surface area contributed by atoms with Crippen LogP contribution in [0.1, 0.15) is 51.9 Å². The lowest BCUT2D eigenvalue weighted by molar-refractivity contribution is -0.0577. The van der Waals surface area contributed by atoms with E-state index in [4.69, 9.17) is 4.74 Å². The average molecular weight is 304 g/mol. The fraction of sp³-hybridized carbons (Fsp3) is 0.900. The molecule has 3 saturated carbocycles. The van der Waals surface area contributed by atoms with E-state index >= 15 is 0 Å². The Kier molecular flexibility index (Phi) is 3.89. The Bertz CT molecular complexity index is 445. The van der Waals surface area contributed by atoms with Crippen molar-refractivity contribution in [2.75, 3.05) is 13.7 Å². The zero-order valence-electron chi connectivity index (χ0n) is 14.2. The van der Waals surface area contributed by atoms with Crippen molar-refractivity contribution in [1.82, 2.24) is 0 Å². The summed E-state index contributed by atoms with van der Waals surface area (Å²) in [7, 11) is 1.87. The second-order valence-corrected chi connectivity index (χ2v) is 8.81. The lowest BCUT2D eigenvalue weighted by Gasteiger charge is -2.55. The molecule has 4 aliphatic rings. The summed E-state index contributed by atoms with van der Waals surface area (Å²) < 4.78 is 5.53. The monoisotopic (exact) mass is 304 g/mol. The molecule has 0 saturated heterocycles. The molecular formula is C20H32O2. The molecule has 4 rings (SSSR count). The van der Waals surface area contributed by atoms with Crippen molar-refractivity contribution in [2.24, 2.45) is 40.9 Å². The van der Waals surface area contributed by atoms with Crippen LogP contribution >= 0.6 is 0 Å². The molecule has 0 amide bonds. The van der Waals surface area contributed by atoms with Gasteiger partial charge in [0.05, 0.1) is 6.10 Å². The first-order valence-electron chi connectivity index (χ1n) is 9.49. The number of hydrogen-bond donors (Lipinski definition) is 1. The van der Waals surface area contributed by atoms with Gasteiger partial charge in [0.2, 0.25) is 0 Å². The summed E-state index contributed by atoms with van der Waals surface area (Å²) in [6, 6.07) is 0. The Balaban J connectivity index is 1.56. The molecular weight excluding hydrogens is 272 g/mol. The van der Waals surface area contributed by atoms with Crippen LogP contribution in [0.4, 0.5) is 0 Å². The molecule has 2 heteroatoms. The smallest absolute Gasteiger partial charge is 0.0723 e. The highest BCUT2D eigenvalue weighted by Gasteiger charge is 2.56. The quantitative estimate of drug-likeness (QED) is 0.780. The largest absolute Gasteiger partial charge is 0.389 e. The summed E-state index contributed by atoms with van der Waals surface area (Å²) in [5, 5.41) is 9.93. The molecule has 0 aromatic carbocycles. The Morgan fingerprint density at radius 3 is 2.77 bits per heavy atom. The van der Waals surface area contributed by atoms with E-state index in [0.717, 1.165) is 48.5 Å². The molecule has 0 spiro atoms. The second kappa shape index (κ2) is 5.63. The van der Waals surface area contributed by atoms with Crippen LogP contribution in [0.25, 0.3) is 0 Å². The van der Waals surface area contributed by atoms with E-state index in [1.54, 1.807) is 0 Å². The van der Waals surface area contributed by atoms with E-state index in [0.29, 0.717) is 5.41 Å². The maximum absolute atomic E-state index is 9.93. The topological polar surface area (TPSA) is 29.5 Å². The third-order valence-corrected chi connectivity index (χ3v) is 8.07. The molecule has 22 heavy (non-hydrogen) atoms. The number of allylic oxidation sites excluding steroid dienone is 1. The van der Waals surface area contributed by atoms with Gasteiger partial charge >= 0.3 is 0 Å². The summed E-state index contributed by atoms with van der Waals surface area (Å²) in [5.74, 6) is 5.04. The summed E-state index contributed by atoms with van der Waals surface area (Å²) in [4.78, 5) is 0. The molecule has 0 heterocycles. The number of hydrogen-bond acceptors (Lipinski definition) is 2. The molecule has 0 bridgehead atoms. The van der Waals surface area contributed by atoms with Crippen molar-refractivity contribution in [3.8, 4) is 0 Å². The number of ether oxygens (including phenoxy) is 1. The number of methoxy groups -OCH3 is 1. The molecule has 3 fully saturated rings. The van der Waals surface area contributed by atoms with Gasteiger partial charge in [0.1, 0.15) is 0 Å². The summed E-state index contributed by atoms with van der Waals surface area (Å²) in [5.41, 5.74) is 0.530. The van der Waals surface area contributed by atoms with Crippen LogP contribution in [0.15, 0.2) is 12.2 Å². The van der Waals surface area contributed by atoms with E-state index < -0.39 is 0 Å². The Morgan fingerprint density at radius 2 is 1.95 bits per heavy atom. The first-order chi connectivity index (χ1) is 10.6. The van der Waals surface area contributed by atoms with Gasteiger partial charge in [-0.15, -0.1) is 0 Å². The van der Waals surface area contributed by atoms with Gasteiger partial charge in [-0.1, -0.05) is 19.1 Å². The minimum atomic E-state index is -0.177. The lowest BCUT2D eigenvalue weighted by Crippen LogP contribution is -2.48. The van der Waals surface area contributed by atoms with Crippen molar-refractivity contribution in [3.63, 3.8) is 0 Å². The van der Waals surface area contributed by atoms with E-state index in [9.17, 15) is 5.11 Å². The molecule has 0 aliphatic heterocycles. The fourth-order valence-electron chi connectivity index (χ4n) is 6.96. The number of fused-ring (bicyclic) bond motifs is 5. The van der Waals surface area contributed by atoms with E-state index in [1.807, 2.05) is 7.11 Å². The minimum Gasteiger partial charge on any atom is -0.389 e. The SMILES string of the molecule is COC[C@H]1CC[C@H]2[C@@H]3CCC4CC(O)C=C[C@@H]4[C@H]3CC[C@]12C. The molecule has 2 unspecified atom stereocenters. The van der Waals surface area contributed by atoms with Crippen molar-refractivity contribution in [1.29, 1.82) is 0 Å². The highest BCUT2D eigenvalue weighted by molar-refractivity contribution is 5.11. The number of aliphatic hydroxyl groups is 1. The van der Waals surface area contributed by atoms with E-state index in [-0.39, 0.29) is 6.10 Å². The molecule has 1 N–H and O–H groups in total. The lowest BCUT2D eigenvalue weighted by atomic mass is 9.50. The van der Waals surface area contributed by atoms with Crippen molar-refractivity contribution in [3.05, 3.63) is 12.2 Å². The first-order valence-corrected chi connectivity index (χ1v) is 9.49. The highest BCUT2D eigenvalue weighted by atomic mass is 16.5. The fourth-order valence-corrected chi connectivity index (χ4v) is 6.96. The van der Waals surface area contributed by atoms with Crippen LogP contribution in [0, 0.1) is 40.9 Å². The van der Waals surface area contributed by atoms with Crippen molar-refractivity contribution < 1.29 is 9.84 Å². The normalized spacial score (nSPS) is 53.7. The molecule has 4 aliphatic carbocycles.